The van der Waals surface area contributed by atoms with Crippen molar-refractivity contribution in [1.82, 2.24) is 15.2 Å². The van der Waals surface area contributed by atoms with Gasteiger partial charge in [0.05, 0.1) is 18.5 Å². The molecule has 0 fully saturated rings. The Labute approximate surface area is 115 Å². The molecule has 20 heavy (non-hydrogen) atoms. The van der Waals surface area contributed by atoms with E-state index in [-0.39, 0.29) is 11.3 Å². The van der Waals surface area contributed by atoms with Gasteiger partial charge >= 0.3 is 5.97 Å². The van der Waals surface area contributed by atoms with Crippen LogP contribution in [0.3, 0.4) is 0 Å². The molecule has 1 aromatic heterocycles. The molecule has 0 spiro atoms. The number of nitrogens with zero attached hydrogens (tertiary/aromatic N) is 3. The number of carboxylic acids is 1. The molecule has 0 unspecified atom stereocenters. The molecule has 7 heteroatoms. The summed E-state index contributed by atoms with van der Waals surface area (Å²) in [5.74, 6) is -0.435. The van der Waals surface area contributed by atoms with Crippen LogP contribution in [0.1, 0.15) is 21.7 Å². The van der Waals surface area contributed by atoms with Gasteiger partial charge in [-0.1, -0.05) is 0 Å². The molecule has 1 heterocycles. The number of nitrogens with one attached hydrogen (secondary N) is 1. The molecule has 0 amide bonds. The molecular formula is C13H14N4O3. The van der Waals surface area contributed by atoms with Gasteiger partial charge in [-0.3, -0.25) is 0 Å². The molecule has 0 bridgehead atoms. The van der Waals surface area contributed by atoms with Gasteiger partial charge in [0.1, 0.15) is 11.3 Å². The zero-order valence-electron chi connectivity index (χ0n) is 11.3. The molecule has 2 N–H and O–H groups in total. The molecule has 1 aromatic carbocycles. The average molecular weight is 274 g/mol. The third-order valence-electron chi connectivity index (χ3n) is 2.78. The number of carbonyl (C=O) groups is 1. The first-order chi connectivity index (χ1) is 9.51. The monoisotopic (exact) mass is 274 g/mol. The lowest BCUT2D eigenvalue weighted by molar-refractivity contribution is 0.0693. The highest BCUT2D eigenvalue weighted by molar-refractivity contribution is 5.91. The largest absolute Gasteiger partial charge is 0.496 e. The van der Waals surface area contributed by atoms with Crippen LogP contribution in [0, 0.1) is 13.8 Å². The quantitative estimate of drug-likeness (QED) is 0.879. The lowest BCUT2D eigenvalue weighted by atomic mass is 10.2. The number of benzene rings is 1. The van der Waals surface area contributed by atoms with Gasteiger partial charge in [-0.05, 0) is 26.0 Å². The summed E-state index contributed by atoms with van der Waals surface area (Å²) < 4.78 is 5.05. The molecule has 0 saturated carbocycles. The van der Waals surface area contributed by atoms with E-state index < -0.39 is 5.97 Å². The molecule has 0 aliphatic carbocycles. The third-order valence-corrected chi connectivity index (χ3v) is 2.78. The van der Waals surface area contributed by atoms with E-state index in [1.807, 2.05) is 13.8 Å². The SMILES string of the molecule is COc1cc(Nc2nnc(C)c(C)n2)ccc1C(=O)O. The Kier molecular flexibility index (Phi) is 3.79. The van der Waals surface area contributed by atoms with Gasteiger partial charge in [-0.15, -0.1) is 5.10 Å². The summed E-state index contributed by atoms with van der Waals surface area (Å²) in [5.41, 5.74) is 2.25. The summed E-state index contributed by atoms with van der Waals surface area (Å²) in [6, 6.07) is 4.64. The van der Waals surface area contributed by atoms with E-state index in [4.69, 9.17) is 9.84 Å². The highest BCUT2D eigenvalue weighted by Gasteiger charge is 2.12. The molecule has 7 nitrogen and oxygen atoms in total. The molecule has 2 rings (SSSR count). The Morgan fingerprint density at radius 1 is 1.25 bits per heavy atom. The zero-order valence-corrected chi connectivity index (χ0v) is 11.3. The minimum absolute atomic E-state index is 0.0946. The molecule has 0 radical (unpaired) electrons. The van der Waals surface area contributed by atoms with Crippen molar-refractivity contribution < 1.29 is 14.6 Å². The summed E-state index contributed by atoms with van der Waals surface area (Å²) in [7, 11) is 1.42. The minimum Gasteiger partial charge on any atom is -0.496 e. The van der Waals surface area contributed by atoms with Gasteiger partial charge in [0.15, 0.2) is 0 Å². The second-order valence-electron chi connectivity index (χ2n) is 4.15. The summed E-state index contributed by atoms with van der Waals surface area (Å²) >= 11 is 0. The Morgan fingerprint density at radius 2 is 2.00 bits per heavy atom. The fourth-order valence-corrected chi connectivity index (χ4v) is 1.58. The van der Waals surface area contributed by atoms with Crippen molar-refractivity contribution in [3.63, 3.8) is 0 Å². The maximum Gasteiger partial charge on any atom is 0.339 e. The van der Waals surface area contributed by atoms with E-state index in [0.29, 0.717) is 11.6 Å². The standard InChI is InChI=1S/C13H14N4O3/c1-7-8(2)16-17-13(14-7)15-9-4-5-10(12(18)19)11(6-9)20-3/h4-6H,1-3H3,(H,18,19)(H,14,15,17). The van der Waals surface area contributed by atoms with E-state index >= 15 is 0 Å². The van der Waals surface area contributed by atoms with Gasteiger partial charge in [0.2, 0.25) is 5.95 Å². The number of aromatic nitrogens is 3. The topological polar surface area (TPSA) is 97.2 Å². The maximum atomic E-state index is 11.0. The number of carboxylic acid groups (broad SMARTS) is 1. The summed E-state index contributed by atoms with van der Waals surface area (Å²) in [6.45, 7) is 3.66. The molecule has 0 aliphatic rings. The van der Waals surface area contributed by atoms with E-state index in [2.05, 4.69) is 20.5 Å². The first-order valence-electron chi connectivity index (χ1n) is 5.87. The Morgan fingerprint density at radius 3 is 2.60 bits per heavy atom. The van der Waals surface area contributed by atoms with Crippen LogP contribution in [0.5, 0.6) is 5.75 Å². The van der Waals surface area contributed by atoms with Crippen molar-refractivity contribution in [3.8, 4) is 5.75 Å². The highest BCUT2D eigenvalue weighted by atomic mass is 16.5. The summed E-state index contributed by atoms with van der Waals surface area (Å²) in [6.07, 6.45) is 0. The number of rotatable bonds is 4. The fourth-order valence-electron chi connectivity index (χ4n) is 1.58. The molecule has 104 valence electrons. The number of aromatic carboxylic acids is 1. The predicted octanol–water partition coefficient (Wildman–Crippen LogP) is 1.94. The van der Waals surface area contributed by atoms with Crippen molar-refractivity contribution in [2.24, 2.45) is 0 Å². The van der Waals surface area contributed by atoms with Crippen LogP contribution in [0.15, 0.2) is 18.2 Å². The van der Waals surface area contributed by atoms with Crippen molar-refractivity contribution in [3.05, 3.63) is 35.2 Å². The maximum absolute atomic E-state index is 11.0. The van der Waals surface area contributed by atoms with Crippen LogP contribution < -0.4 is 10.1 Å². The number of anilines is 2. The van der Waals surface area contributed by atoms with Gasteiger partial charge < -0.3 is 15.2 Å². The molecule has 0 saturated heterocycles. The van der Waals surface area contributed by atoms with Crippen molar-refractivity contribution >= 4 is 17.6 Å². The predicted molar refractivity (Wildman–Crippen MR) is 72.5 cm³/mol. The van der Waals surface area contributed by atoms with Crippen LogP contribution in [0.25, 0.3) is 0 Å². The lowest BCUT2D eigenvalue weighted by Crippen LogP contribution is -2.04. The van der Waals surface area contributed by atoms with Crippen molar-refractivity contribution in [2.75, 3.05) is 12.4 Å². The molecule has 0 aliphatic heterocycles. The number of ether oxygens (including phenoxy) is 1. The van der Waals surface area contributed by atoms with Crippen LogP contribution in [0.2, 0.25) is 0 Å². The minimum atomic E-state index is -1.04. The van der Waals surface area contributed by atoms with Gasteiger partial charge in [0.25, 0.3) is 0 Å². The Balaban J connectivity index is 2.29. The van der Waals surface area contributed by atoms with Crippen LogP contribution in [-0.4, -0.2) is 33.4 Å². The second-order valence-corrected chi connectivity index (χ2v) is 4.15. The van der Waals surface area contributed by atoms with Crippen LogP contribution >= 0.6 is 0 Å². The molecule has 0 atom stereocenters. The summed E-state index contributed by atoms with van der Waals surface area (Å²) in [5, 5.41) is 19.8. The van der Waals surface area contributed by atoms with E-state index in [9.17, 15) is 4.79 Å². The smallest absolute Gasteiger partial charge is 0.339 e. The number of hydrogen-bond donors (Lipinski definition) is 2. The lowest BCUT2D eigenvalue weighted by Gasteiger charge is -2.09. The van der Waals surface area contributed by atoms with Gasteiger partial charge in [-0.25, -0.2) is 9.78 Å². The average Bonchev–Trinajstić information content (AvgIpc) is 2.42. The number of aryl methyl sites for hydroxylation is 2. The Hall–Kier alpha value is -2.70. The zero-order chi connectivity index (χ0) is 14.7. The van der Waals surface area contributed by atoms with E-state index in [1.165, 1.54) is 13.2 Å². The van der Waals surface area contributed by atoms with E-state index in [0.717, 1.165) is 11.4 Å². The first-order valence-corrected chi connectivity index (χ1v) is 5.87. The van der Waals surface area contributed by atoms with Gasteiger partial charge in [-0.2, -0.15) is 5.10 Å². The van der Waals surface area contributed by atoms with E-state index in [1.54, 1.807) is 12.1 Å². The second kappa shape index (κ2) is 5.52. The van der Waals surface area contributed by atoms with Crippen LogP contribution in [-0.2, 0) is 0 Å². The summed E-state index contributed by atoms with van der Waals surface area (Å²) in [4.78, 5) is 15.2. The van der Waals surface area contributed by atoms with Crippen LogP contribution in [0.4, 0.5) is 11.6 Å². The third kappa shape index (κ3) is 2.82. The fraction of sp³-hybridized carbons (Fsp3) is 0.231. The highest BCUT2D eigenvalue weighted by Crippen LogP contribution is 2.24. The molecule has 2 aromatic rings. The number of hydrogen-bond acceptors (Lipinski definition) is 6. The van der Waals surface area contributed by atoms with Crippen molar-refractivity contribution in [2.45, 2.75) is 13.8 Å². The number of methoxy groups -OCH3 is 1. The van der Waals surface area contributed by atoms with Gasteiger partial charge in [0, 0.05) is 11.8 Å². The first kappa shape index (κ1) is 13.7. The molecular weight excluding hydrogens is 260 g/mol. The Bertz CT molecular complexity index is 658. The normalized spacial score (nSPS) is 10.2. The van der Waals surface area contributed by atoms with Crippen molar-refractivity contribution in [1.29, 1.82) is 0 Å².